The van der Waals surface area contributed by atoms with Crippen LogP contribution in [0.4, 0.5) is 34.1 Å². The van der Waals surface area contributed by atoms with Gasteiger partial charge in [0.1, 0.15) is 0 Å². The Labute approximate surface area is 522 Å². The highest BCUT2D eigenvalue weighted by molar-refractivity contribution is 6.09. The molecule has 0 saturated heterocycles. The number of hydrogen-bond acceptors (Lipinski definition) is 2. The number of rotatable bonds is 8. The van der Waals surface area contributed by atoms with Crippen molar-refractivity contribution in [2.24, 2.45) is 0 Å². The Hall–Kier alpha value is -8.20. The lowest BCUT2D eigenvalue weighted by Gasteiger charge is -2.33. The smallest absolute Gasteiger partial charge is 0.0468 e. The van der Waals surface area contributed by atoms with Crippen molar-refractivity contribution in [1.29, 1.82) is 0 Å². The molecular formula is C86H82N2. The second-order valence-electron chi connectivity index (χ2n) is 29.6. The fourth-order valence-corrected chi connectivity index (χ4v) is 18.9. The molecule has 10 aromatic rings. The van der Waals surface area contributed by atoms with E-state index in [1.54, 1.807) is 22.3 Å². The van der Waals surface area contributed by atoms with E-state index < -0.39 is 0 Å². The van der Waals surface area contributed by atoms with Crippen LogP contribution in [0.15, 0.2) is 211 Å². The lowest BCUT2D eigenvalue weighted by atomic mass is 9.71. The molecule has 1 unspecified atom stereocenters. The average Bonchev–Trinajstić information content (AvgIpc) is 1.47. The number of hydrogen-bond donors (Lipinski definition) is 0. The van der Waals surface area contributed by atoms with Crippen molar-refractivity contribution >= 4 is 61.2 Å². The van der Waals surface area contributed by atoms with Gasteiger partial charge in [0.25, 0.3) is 0 Å². The number of anilines is 6. The molecule has 7 aliphatic carbocycles. The SMILES string of the molecule is CC1(C)C2=C(C=C3C(C2)c2ccccc2C3(C)C)c2ccc(N(c3ccccc3)c3ccc4c(C5CCCCC5)c5cc(N(c6ccccc6)c6ccc7c(c6)C(C)(C)c6cc8c(cc6-7)C(C)(C)c6ccccc6-8)ccc5c(C5CCCCC5)c4c3)cc21. The molecule has 7 aliphatic rings. The van der Waals surface area contributed by atoms with E-state index in [1.807, 2.05) is 0 Å². The van der Waals surface area contributed by atoms with Crippen LogP contribution in [0.2, 0.25) is 0 Å². The third-order valence-corrected chi connectivity index (χ3v) is 23.5. The summed E-state index contributed by atoms with van der Waals surface area (Å²) < 4.78 is 0. The molecule has 0 aliphatic heterocycles. The van der Waals surface area contributed by atoms with Gasteiger partial charge >= 0.3 is 0 Å². The summed E-state index contributed by atoms with van der Waals surface area (Å²) in [6.45, 7) is 19.6. The molecule has 2 fully saturated rings. The molecule has 17 rings (SSSR count). The van der Waals surface area contributed by atoms with Gasteiger partial charge < -0.3 is 9.80 Å². The van der Waals surface area contributed by atoms with Crippen molar-refractivity contribution in [2.45, 2.75) is 165 Å². The normalized spacial score (nSPS) is 19.7. The molecule has 10 aromatic carbocycles. The first-order chi connectivity index (χ1) is 42.7. The van der Waals surface area contributed by atoms with Crippen molar-refractivity contribution < 1.29 is 0 Å². The van der Waals surface area contributed by atoms with Gasteiger partial charge in [-0.2, -0.15) is 0 Å². The van der Waals surface area contributed by atoms with Crippen LogP contribution in [0.25, 0.3) is 49.4 Å². The monoisotopic (exact) mass is 1140 g/mol. The minimum atomic E-state index is -0.184. The molecule has 0 aromatic heterocycles. The van der Waals surface area contributed by atoms with E-state index in [2.05, 4.69) is 265 Å². The number of benzene rings is 10. The molecule has 0 bridgehead atoms. The zero-order valence-corrected chi connectivity index (χ0v) is 53.0. The van der Waals surface area contributed by atoms with E-state index in [4.69, 9.17) is 0 Å². The minimum Gasteiger partial charge on any atom is -0.310 e. The second kappa shape index (κ2) is 19.6. The molecule has 436 valence electrons. The predicted octanol–water partition coefficient (Wildman–Crippen LogP) is 24.1. The van der Waals surface area contributed by atoms with Crippen LogP contribution < -0.4 is 9.80 Å². The molecule has 0 radical (unpaired) electrons. The maximum Gasteiger partial charge on any atom is 0.0468 e. The molecule has 0 amide bonds. The van der Waals surface area contributed by atoms with Crippen LogP contribution in [0.3, 0.4) is 0 Å². The van der Waals surface area contributed by atoms with Crippen LogP contribution in [0.5, 0.6) is 0 Å². The highest BCUT2D eigenvalue weighted by atomic mass is 15.1. The van der Waals surface area contributed by atoms with E-state index in [0.29, 0.717) is 17.8 Å². The van der Waals surface area contributed by atoms with Gasteiger partial charge in [0.05, 0.1) is 0 Å². The van der Waals surface area contributed by atoms with Gasteiger partial charge in [-0.15, -0.1) is 0 Å². The molecule has 2 saturated carbocycles. The number of para-hydroxylation sites is 2. The van der Waals surface area contributed by atoms with E-state index in [0.717, 1.165) is 6.42 Å². The Morgan fingerprint density at radius 1 is 0.318 bits per heavy atom. The van der Waals surface area contributed by atoms with Crippen LogP contribution in [0.1, 0.15) is 199 Å². The summed E-state index contributed by atoms with van der Waals surface area (Å²) >= 11 is 0. The first-order valence-corrected chi connectivity index (χ1v) is 33.6. The maximum atomic E-state index is 2.65. The molecule has 0 spiro atoms. The van der Waals surface area contributed by atoms with Crippen molar-refractivity contribution in [3.05, 3.63) is 267 Å². The van der Waals surface area contributed by atoms with Crippen molar-refractivity contribution in [3.8, 4) is 22.3 Å². The zero-order chi connectivity index (χ0) is 59.6. The molecule has 2 nitrogen and oxygen atoms in total. The van der Waals surface area contributed by atoms with Gasteiger partial charge in [0.15, 0.2) is 0 Å². The molecule has 1 atom stereocenters. The minimum absolute atomic E-state index is 0.0122. The van der Waals surface area contributed by atoms with E-state index >= 15 is 0 Å². The summed E-state index contributed by atoms with van der Waals surface area (Å²) in [6, 6.07) is 76.2. The van der Waals surface area contributed by atoms with Gasteiger partial charge in [-0.05, 0) is 234 Å². The van der Waals surface area contributed by atoms with Crippen molar-refractivity contribution in [2.75, 3.05) is 9.80 Å². The van der Waals surface area contributed by atoms with Crippen LogP contribution >= 0.6 is 0 Å². The molecule has 0 N–H and O–H groups in total. The fraction of sp³-hybridized carbons (Fsp3) is 0.302. The first-order valence-electron chi connectivity index (χ1n) is 33.6. The Morgan fingerprint density at radius 3 is 1.31 bits per heavy atom. The van der Waals surface area contributed by atoms with Crippen LogP contribution in [-0.2, 0) is 21.7 Å². The predicted molar refractivity (Wildman–Crippen MR) is 372 cm³/mol. The average molecular weight is 1140 g/mol. The Morgan fingerprint density at radius 2 is 0.750 bits per heavy atom. The van der Waals surface area contributed by atoms with Crippen LogP contribution in [0, 0.1) is 0 Å². The largest absolute Gasteiger partial charge is 0.310 e. The van der Waals surface area contributed by atoms with Gasteiger partial charge in [-0.1, -0.05) is 220 Å². The van der Waals surface area contributed by atoms with E-state index in [-0.39, 0.29) is 21.7 Å². The topological polar surface area (TPSA) is 6.48 Å². The van der Waals surface area contributed by atoms with E-state index in [9.17, 15) is 0 Å². The highest BCUT2D eigenvalue weighted by Crippen LogP contribution is 2.62. The van der Waals surface area contributed by atoms with Gasteiger partial charge in [-0.3, -0.25) is 0 Å². The van der Waals surface area contributed by atoms with Gasteiger partial charge in [0, 0.05) is 61.7 Å². The lowest BCUT2D eigenvalue weighted by Crippen LogP contribution is -2.23. The lowest BCUT2D eigenvalue weighted by molar-refractivity contribution is 0.445. The quantitative estimate of drug-likeness (QED) is 0.140. The molecule has 88 heavy (non-hydrogen) atoms. The van der Waals surface area contributed by atoms with Crippen molar-refractivity contribution in [1.82, 2.24) is 0 Å². The molecule has 2 heteroatoms. The van der Waals surface area contributed by atoms with Crippen LogP contribution in [-0.4, -0.2) is 0 Å². The summed E-state index contributed by atoms with van der Waals surface area (Å²) in [7, 11) is 0. The number of allylic oxidation sites excluding steroid dienone is 4. The standard InChI is InChI=1S/C86H82N2/c1-83(2)73-35-23-21-33-61(73)67-49-79-69(51-77(67)83)63-41-37-59(47-75(63)85(79,5)6)87(55-29-17-11-18-30-55)57-39-43-65-71(45-57)81(53-25-13-9-14-26-53)66-44-40-58(46-72(66)82(65)54-27-15-10-16-28-54)88(56-31-19-12-20-32-56)60-38-42-64-70-52-78-68(50-80(70)86(7,8)76(64)48-60)62-34-22-24-36-74(62)84(78,3)4/h11-12,17-24,29-49,51-54,68H,9-10,13-16,25-28,50H2,1-8H3. The third kappa shape index (κ3) is 7.85. The Kier molecular flexibility index (Phi) is 12.1. The maximum absolute atomic E-state index is 2.65. The number of fused-ring (bicyclic) bond motifs is 13. The third-order valence-electron chi connectivity index (χ3n) is 23.5. The highest BCUT2D eigenvalue weighted by Gasteiger charge is 2.49. The summed E-state index contributed by atoms with van der Waals surface area (Å²) in [5, 5.41) is 5.85. The molecule has 0 heterocycles. The molecular weight excluding hydrogens is 1060 g/mol. The Balaban J connectivity index is 0.819. The summed E-state index contributed by atoms with van der Waals surface area (Å²) in [5.41, 5.74) is 31.8. The van der Waals surface area contributed by atoms with Crippen molar-refractivity contribution in [3.63, 3.8) is 0 Å². The second-order valence-corrected chi connectivity index (χ2v) is 29.6. The van der Waals surface area contributed by atoms with E-state index in [1.165, 1.54) is 192 Å². The zero-order valence-electron chi connectivity index (χ0n) is 53.0. The summed E-state index contributed by atoms with van der Waals surface area (Å²) in [4.78, 5) is 5.15. The summed E-state index contributed by atoms with van der Waals surface area (Å²) in [5.74, 6) is 1.41. The van der Waals surface area contributed by atoms with Gasteiger partial charge in [-0.25, -0.2) is 0 Å². The Bertz CT molecular complexity index is 4610. The number of nitrogens with zero attached hydrogens (tertiary/aromatic N) is 2. The summed E-state index contributed by atoms with van der Waals surface area (Å²) in [6.07, 6.45) is 16.4. The van der Waals surface area contributed by atoms with Gasteiger partial charge in [0.2, 0.25) is 0 Å². The first kappa shape index (κ1) is 54.0. The fourth-order valence-electron chi connectivity index (χ4n) is 18.9.